The molecule has 1 atom stereocenters. The van der Waals surface area contributed by atoms with Crippen LogP contribution in [0.2, 0.25) is 0 Å². The Morgan fingerprint density at radius 1 is 1.46 bits per heavy atom. The fourth-order valence-electron chi connectivity index (χ4n) is 3.11. The van der Waals surface area contributed by atoms with Gasteiger partial charge < -0.3 is 19.4 Å². The van der Waals surface area contributed by atoms with Crippen molar-refractivity contribution in [2.24, 2.45) is 0 Å². The van der Waals surface area contributed by atoms with Gasteiger partial charge in [0, 0.05) is 50.2 Å². The Kier molecular flexibility index (Phi) is 6.12. The number of amides is 1. The summed E-state index contributed by atoms with van der Waals surface area (Å²) in [5.74, 6) is 1.65. The Labute approximate surface area is 153 Å². The lowest BCUT2D eigenvalue weighted by Crippen LogP contribution is -2.40. The fraction of sp³-hybridized carbons (Fsp3) is 0.474. The van der Waals surface area contributed by atoms with Gasteiger partial charge in [0.1, 0.15) is 17.6 Å². The van der Waals surface area contributed by atoms with E-state index < -0.39 is 0 Å². The van der Waals surface area contributed by atoms with Gasteiger partial charge in [-0.25, -0.2) is 4.98 Å². The first-order valence-electron chi connectivity index (χ1n) is 8.92. The van der Waals surface area contributed by atoms with Gasteiger partial charge in [-0.05, 0) is 19.4 Å². The molecule has 2 aromatic rings. The highest BCUT2D eigenvalue weighted by molar-refractivity contribution is 5.78. The number of rotatable bonds is 7. The van der Waals surface area contributed by atoms with Crippen LogP contribution in [0, 0.1) is 0 Å². The van der Waals surface area contributed by atoms with Crippen LogP contribution in [0.5, 0.6) is 11.5 Å². The molecule has 0 spiro atoms. The summed E-state index contributed by atoms with van der Waals surface area (Å²) in [6, 6.07) is 5.83. The van der Waals surface area contributed by atoms with Gasteiger partial charge in [-0.1, -0.05) is 6.07 Å². The van der Waals surface area contributed by atoms with Gasteiger partial charge in [0.2, 0.25) is 5.91 Å². The third-order valence-corrected chi connectivity index (χ3v) is 4.35. The molecule has 0 aliphatic carbocycles. The zero-order valence-corrected chi connectivity index (χ0v) is 15.4. The molecule has 0 radical (unpaired) electrons. The van der Waals surface area contributed by atoms with Crippen molar-refractivity contribution >= 4 is 5.91 Å². The van der Waals surface area contributed by atoms with Crippen molar-refractivity contribution in [2.75, 3.05) is 26.7 Å². The lowest BCUT2D eigenvalue weighted by atomic mass is 10.2. The maximum absolute atomic E-state index is 12.3. The lowest BCUT2D eigenvalue weighted by molar-refractivity contribution is -0.122. The minimum atomic E-state index is 0.0115. The van der Waals surface area contributed by atoms with E-state index in [1.165, 1.54) is 0 Å². The molecule has 0 saturated carbocycles. The third-order valence-electron chi connectivity index (χ3n) is 4.35. The summed E-state index contributed by atoms with van der Waals surface area (Å²) in [6.45, 7) is 5.29. The first kappa shape index (κ1) is 18.3. The maximum Gasteiger partial charge on any atom is 0.234 e. The topological polar surface area (TPSA) is 68.6 Å². The molecule has 0 saturated heterocycles. The van der Waals surface area contributed by atoms with E-state index in [2.05, 4.69) is 15.2 Å². The number of ether oxygens (including phenoxy) is 2. The summed E-state index contributed by atoms with van der Waals surface area (Å²) in [7, 11) is 1.64. The van der Waals surface area contributed by atoms with Crippen LogP contribution in [-0.4, -0.2) is 53.2 Å². The van der Waals surface area contributed by atoms with E-state index in [1.807, 2.05) is 35.9 Å². The Morgan fingerprint density at radius 2 is 2.35 bits per heavy atom. The van der Waals surface area contributed by atoms with E-state index in [0.717, 1.165) is 30.0 Å². The quantitative estimate of drug-likeness (QED) is 0.763. The summed E-state index contributed by atoms with van der Waals surface area (Å²) < 4.78 is 13.3. The smallest absolute Gasteiger partial charge is 0.234 e. The molecule has 140 valence electrons. The highest BCUT2D eigenvalue weighted by Gasteiger charge is 2.22. The van der Waals surface area contributed by atoms with Gasteiger partial charge in [-0.15, -0.1) is 0 Å². The molecular formula is C19H26N4O3. The highest BCUT2D eigenvalue weighted by atomic mass is 16.5. The number of hydrogen-bond acceptors (Lipinski definition) is 5. The van der Waals surface area contributed by atoms with Crippen LogP contribution in [0.25, 0.3) is 0 Å². The minimum absolute atomic E-state index is 0.0115. The van der Waals surface area contributed by atoms with Crippen LogP contribution in [0.3, 0.4) is 0 Å². The van der Waals surface area contributed by atoms with Crippen LogP contribution < -0.4 is 14.8 Å². The molecule has 26 heavy (non-hydrogen) atoms. The molecule has 3 rings (SSSR count). The van der Waals surface area contributed by atoms with E-state index in [9.17, 15) is 4.79 Å². The number of carbonyl (C=O) groups excluding carboxylic acids is 1. The summed E-state index contributed by atoms with van der Waals surface area (Å²) >= 11 is 0. The number of aromatic nitrogens is 2. The fourth-order valence-corrected chi connectivity index (χ4v) is 3.11. The highest BCUT2D eigenvalue weighted by Crippen LogP contribution is 2.29. The van der Waals surface area contributed by atoms with Crippen molar-refractivity contribution in [1.29, 1.82) is 0 Å². The number of benzene rings is 1. The van der Waals surface area contributed by atoms with Crippen molar-refractivity contribution in [3.63, 3.8) is 0 Å². The van der Waals surface area contributed by atoms with E-state index >= 15 is 0 Å². The van der Waals surface area contributed by atoms with Crippen LogP contribution in [-0.2, 0) is 17.9 Å². The molecule has 7 nitrogen and oxygen atoms in total. The predicted molar refractivity (Wildman–Crippen MR) is 98.2 cm³/mol. The second kappa shape index (κ2) is 8.71. The standard InChI is InChI=1S/C19H26N4O3/c1-15-11-23(12-16-4-5-17(25-2)10-18(16)26-15)13-19(24)21-6-3-8-22-9-7-20-14-22/h4-5,7,9-10,14-15H,3,6,8,11-13H2,1-2H3,(H,21,24). The molecule has 1 aromatic carbocycles. The number of carbonyl (C=O) groups is 1. The SMILES string of the molecule is COc1ccc2c(c1)OC(C)CN(CC(=O)NCCCn1ccnc1)C2. The first-order valence-corrected chi connectivity index (χ1v) is 8.92. The maximum atomic E-state index is 12.3. The van der Waals surface area contributed by atoms with E-state index in [1.54, 1.807) is 19.6 Å². The van der Waals surface area contributed by atoms with Gasteiger partial charge in [-0.2, -0.15) is 0 Å². The van der Waals surface area contributed by atoms with Crippen LogP contribution in [0.4, 0.5) is 0 Å². The van der Waals surface area contributed by atoms with Crippen molar-refractivity contribution < 1.29 is 14.3 Å². The number of methoxy groups -OCH3 is 1. The molecule has 1 N–H and O–H groups in total. The van der Waals surface area contributed by atoms with E-state index in [0.29, 0.717) is 26.2 Å². The zero-order chi connectivity index (χ0) is 18.4. The van der Waals surface area contributed by atoms with Gasteiger partial charge in [0.15, 0.2) is 0 Å². The van der Waals surface area contributed by atoms with Crippen molar-refractivity contribution in [3.8, 4) is 11.5 Å². The summed E-state index contributed by atoms with van der Waals surface area (Å²) in [5.41, 5.74) is 1.07. The Hall–Kier alpha value is -2.54. The summed E-state index contributed by atoms with van der Waals surface area (Å²) in [4.78, 5) is 18.4. The zero-order valence-electron chi connectivity index (χ0n) is 15.4. The van der Waals surface area contributed by atoms with Gasteiger partial charge >= 0.3 is 0 Å². The van der Waals surface area contributed by atoms with Crippen molar-refractivity contribution in [1.82, 2.24) is 19.8 Å². The second-order valence-corrected chi connectivity index (χ2v) is 6.58. The number of aryl methyl sites for hydroxylation is 1. The van der Waals surface area contributed by atoms with Gasteiger partial charge in [0.05, 0.1) is 20.0 Å². The normalized spacial score (nSPS) is 17.1. The molecule has 1 aliphatic heterocycles. The number of nitrogens with one attached hydrogen (secondary N) is 1. The summed E-state index contributed by atoms with van der Waals surface area (Å²) in [5, 5.41) is 2.99. The average Bonchev–Trinajstić information content (AvgIpc) is 3.08. The molecule has 0 bridgehead atoms. The summed E-state index contributed by atoms with van der Waals surface area (Å²) in [6.07, 6.45) is 6.36. The average molecular weight is 358 g/mol. The predicted octanol–water partition coefficient (Wildman–Crippen LogP) is 1.68. The Bertz CT molecular complexity index is 718. The Morgan fingerprint density at radius 3 is 3.12 bits per heavy atom. The molecular weight excluding hydrogens is 332 g/mol. The van der Waals surface area contributed by atoms with Gasteiger partial charge in [0.25, 0.3) is 0 Å². The number of imidazole rings is 1. The molecule has 1 amide bonds. The molecule has 1 unspecified atom stereocenters. The monoisotopic (exact) mass is 358 g/mol. The largest absolute Gasteiger partial charge is 0.497 e. The Balaban J connectivity index is 1.49. The van der Waals surface area contributed by atoms with Gasteiger partial charge in [-0.3, -0.25) is 9.69 Å². The lowest BCUT2D eigenvalue weighted by Gasteiger charge is -2.21. The number of nitrogens with zero attached hydrogens (tertiary/aromatic N) is 3. The van der Waals surface area contributed by atoms with E-state index in [-0.39, 0.29) is 12.0 Å². The van der Waals surface area contributed by atoms with E-state index in [4.69, 9.17) is 9.47 Å². The molecule has 7 heteroatoms. The van der Waals surface area contributed by atoms with Crippen molar-refractivity contribution in [3.05, 3.63) is 42.5 Å². The minimum Gasteiger partial charge on any atom is -0.497 e. The van der Waals surface area contributed by atoms with Crippen LogP contribution in [0.1, 0.15) is 18.9 Å². The molecule has 2 heterocycles. The molecule has 1 aromatic heterocycles. The van der Waals surface area contributed by atoms with Crippen LogP contribution >= 0.6 is 0 Å². The number of hydrogen-bond donors (Lipinski definition) is 1. The molecule has 0 fully saturated rings. The first-order chi connectivity index (χ1) is 12.6. The second-order valence-electron chi connectivity index (χ2n) is 6.58. The van der Waals surface area contributed by atoms with Crippen LogP contribution in [0.15, 0.2) is 36.9 Å². The third kappa shape index (κ3) is 4.98. The number of fused-ring (bicyclic) bond motifs is 1. The van der Waals surface area contributed by atoms with Crippen molar-refractivity contribution in [2.45, 2.75) is 32.5 Å². The molecule has 1 aliphatic rings.